The predicted octanol–water partition coefficient (Wildman–Crippen LogP) is 3.05. The van der Waals surface area contributed by atoms with Crippen molar-refractivity contribution >= 4 is 16.7 Å². The summed E-state index contributed by atoms with van der Waals surface area (Å²) in [6, 6.07) is 15.0. The van der Waals surface area contributed by atoms with Crippen molar-refractivity contribution in [2.45, 2.75) is 6.92 Å². The van der Waals surface area contributed by atoms with Gasteiger partial charge < -0.3 is 9.84 Å². The lowest BCUT2D eigenvalue weighted by atomic mass is 10.0. The van der Waals surface area contributed by atoms with Gasteiger partial charge in [-0.1, -0.05) is 29.8 Å². The lowest BCUT2D eigenvalue weighted by Gasteiger charge is -2.05. The molecule has 4 heteroatoms. The summed E-state index contributed by atoms with van der Waals surface area (Å²) in [7, 11) is 0. The Balaban J connectivity index is 2.20. The summed E-state index contributed by atoms with van der Waals surface area (Å²) in [6.45, 7) is 2.01. The average Bonchev–Trinajstić information content (AvgIpc) is 2.47. The minimum Gasteiger partial charge on any atom is -0.422 e. The second-order valence-corrected chi connectivity index (χ2v) is 4.71. The Labute approximate surface area is 115 Å². The van der Waals surface area contributed by atoms with Gasteiger partial charge >= 0.3 is 5.63 Å². The van der Waals surface area contributed by atoms with Gasteiger partial charge in [0.25, 0.3) is 0 Å². The highest BCUT2D eigenvalue weighted by Gasteiger charge is 2.08. The van der Waals surface area contributed by atoms with Gasteiger partial charge in [0.15, 0.2) is 0 Å². The lowest BCUT2D eigenvalue weighted by molar-refractivity contribution is 0.563. The Morgan fingerprint density at radius 2 is 1.80 bits per heavy atom. The van der Waals surface area contributed by atoms with Crippen LogP contribution in [0.5, 0.6) is 0 Å². The molecule has 20 heavy (non-hydrogen) atoms. The largest absolute Gasteiger partial charge is 0.422 e. The van der Waals surface area contributed by atoms with Gasteiger partial charge in [0.1, 0.15) is 5.58 Å². The van der Waals surface area contributed by atoms with Crippen molar-refractivity contribution in [1.82, 2.24) is 0 Å². The number of benzene rings is 2. The van der Waals surface area contributed by atoms with Crippen molar-refractivity contribution in [3.63, 3.8) is 0 Å². The number of fused-ring (bicyclic) bond motifs is 1. The summed E-state index contributed by atoms with van der Waals surface area (Å²) < 4.78 is 5.37. The first-order valence-electron chi connectivity index (χ1n) is 6.29. The fourth-order valence-electron chi connectivity index (χ4n) is 2.14. The summed E-state index contributed by atoms with van der Waals surface area (Å²) in [4.78, 5) is 12.1. The maximum Gasteiger partial charge on any atom is 0.344 e. The molecule has 0 aliphatic heterocycles. The summed E-state index contributed by atoms with van der Waals surface area (Å²) in [5, 5.41) is 0.860. The Hall–Kier alpha value is -2.59. The molecule has 3 rings (SSSR count). The van der Waals surface area contributed by atoms with Crippen LogP contribution < -0.4 is 16.9 Å². The van der Waals surface area contributed by atoms with Crippen LogP contribution in [0.4, 0.5) is 5.69 Å². The molecule has 1 heterocycles. The zero-order chi connectivity index (χ0) is 14.1. The van der Waals surface area contributed by atoms with Gasteiger partial charge in [-0.15, -0.1) is 0 Å². The van der Waals surface area contributed by atoms with Crippen LogP contribution in [0.1, 0.15) is 5.56 Å². The number of rotatable bonds is 2. The van der Waals surface area contributed by atoms with Crippen molar-refractivity contribution < 1.29 is 4.42 Å². The average molecular weight is 266 g/mol. The molecule has 0 saturated carbocycles. The van der Waals surface area contributed by atoms with E-state index in [1.807, 2.05) is 49.4 Å². The van der Waals surface area contributed by atoms with Crippen LogP contribution in [0.25, 0.3) is 22.1 Å². The molecule has 0 spiro atoms. The highest BCUT2D eigenvalue weighted by Crippen LogP contribution is 2.23. The monoisotopic (exact) mass is 266 g/mol. The van der Waals surface area contributed by atoms with Crippen LogP contribution in [0.2, 0.25) is 0 Å². The fourth-order valence-corrected chi connectivity index (χ4v) is 2.14. The van der Waals surface area contributed by atoms with E-state index in [0.717, 1.165) is 16.5 Å². The SMILES string of the molecule is Cc1ccc(-c2cc3ccc(NN)cc3oc2=O)cc1. The quantitative estimate of drug-likeness (QED) is 0.425. The Morgan fingerprint density at radius 1 is 1.05 bits per heavy atom. The van der Waals surface area contributed by atoms with E-state index in [0.29, 0.717) is 16.8 Å². The number of aryl methyl sites for hydroxylation is 1. The summed E-state index contributed by atoms with van der Waals surface area (Å²) in [5.74, 6) is 5.34. The maximum absolute atomic E-state index is 12.1. The third-order valence-corrected chi connectivity index (χ3v) is 3.27. The third kappa shape index (κ3) is 2.17. The summed E-state index contributed by atoms with van der Waals surface area (Å²) in [5.41, 5.74) is 5.96. The number of hydrogen-bond donors (Lipinski definition) is 2. The molecule has 3 aromatic rings. The van der Waals surface area contributed by atoms with Crippen molar-refractivity contribution in [3.8, 4) is 11.1 Å². The van der Waals surface area contributed by atoms with E-state index in [9.17, 15) is 4.79 Å². The molecule has 0 aliphatic rings. The number of anilines is 1. The topological polar surface area (TPSA) is 68.3 Å². The molecule has 4 nitrogen and oxygen atoms in total. The molecule has 0 fully saturated rings. The molecule has 0 bridgehead atoms. The standard InChI is InChI=1S/C16H14N2O2/c1-10-2-4-11(5-3-10)14-8-12-6-7-13(18-17)9-15(12)20-16(14)19/h2-9,18H,17H2,1H3. The molecule has 1 aromatic heterocycles. The van der Waals surface area contributed by atoms with Gasteiger partial charge in [-0.05, 0) is 30.7 Å². The molecule has 0 saturated heterocycles. The van der Waals surface area contributed by atoms with Gasteiger partial charge in [0, 0.05) is 11.5 Å². The van der Waals surface area contributed by atoms with E-state index in [4.69, 9.17) is 10.3 Å². The predicted molar refractivity (Wildman–Crippen MR) is 80.5 cm³/mol. The summed E-state index contributed by atoms with van der Waals surface area (Å²) in [6.07, 6.45) is 0. The van der Waals surface area contributed by atoms with Crippen molar-refractivity contribution in [2.24, 2.45) is 5.84 Å². The molecule has 0 radical (unpaired) electrons. The maximum atomic E-state index is 12.1. The van der Waals surface area contributed by atoms with E-state index in [2.05, 4.69) is 5.43 Å². The fraction of sp³-hybridized carbons (Fsp3) is 0.0625. The van der Waals surface area contributed by atoms with Crippen molar-refractivity contribution in [1.29, 1.82) is 0 Å². The molecule has 0 unspecified atom stereocenters. The van der Waals surface area contributed by atoms with Crippen LogP contribution in [0.15, 0.2) is 57.7 Å². The van der Waals surface area contributed by atoms with Crippen molar-refractivity contribution in [3.05, 3.63) is 64.5 Å². The molecule has 0 amide bonds. The van der Waals surface area contributed by atoms with Crippen LogP contribution in [-0.2, 0) is 0 Å². The second-order valence-electron chi connectivity index (χ2n) is 4.71. The number of hydrazine groups is 1. The first-order valence-corrected chi connectivity index (χ1v) is 6.29. The molecule has 3 N–H and O–H groups in total. The molecule has 100 valence electrons. The Bertz CT molecular complexity index is 820. The van der Waals surface area contributed by atoms with E-state index in [1.54, 1.807) is 6.07 Å². The highest BCUT2D eigenvalue weighted by atomic mass is 16.4. The van der Waals surface area contributed by atoms with Gasteiger partial charge in [-0.25, -0.2) is 4.79 Å². The minimum absolute atomic E-state index is 0.351. The number of hydrogen-bond acceptors (Lipinski definition) is 4. The van der Waals surface area contributed by atoms with Gasteiger partial charge in [-0.2, -0.15) is 0 Å². The second kappa shape index (κ2) is 4.83. The number of nitrogens with one attached hydrogen (secondary N) is 1. The van der Waals surface area contributed by atoms with E-state index < -0.39 is 0 Å². The minimum atomic E-state index is -0.351. The smallest absolute Gasteiger partial charge is 0.344 e. The summed E-state index contributed by atoms with van der Waals surface area (Å²) >= 11 is 0. The van der Waals surface area contributed by atoms with Crippen LogP contribution in [-0.4, -0.2) is 0 Å². The van der Waals surface area contributed by atoms with Crippen molar-refractivity contribution in [2.75, 3.05) is 5.43 Å². The van der Waals surface area contributed by atoms with Gasteiger partial charge in [-0.3, -0.25) is 5.84 Å². The molecule has 0 atom stereocenters. The van der Waals surface area contributed by atoms with Crippen LogP contribution >= 0.6 is 0 Å². The number of nitrogens with two attached hydrogens (primary N) is 1. The Kier molecular flexibility index (Phi) is 3.00. The molecular formula is C16H14N2O2. The third-order valence-electron chi connectivity index (χ3n) is 3.27. The molecule has 2 aromatic carbocycles. The first kappa shape index (κ1) is 12.4. The van der Waals surface area contributed by atoms with Gasteiger partial charge in [0.2, 0.25) is 0 Å². The molecular weight excluding hydrogens is 252 g/mol. The van der Waals surface area contributed by atoms with Crippen LogP contribution in [0.3, 0.4) is 0 Å². The van der Waals surface area contributed by atoms with Crippen LogP contribution in [0, 0.1) is 6.92 Å². The first-order chi connectivity index (χ1) is 9.67. The zero-order valence-corrected chi connectivity index (χ0v) is 11.0. The zero-order valence-electron chi connectivity index (χ0n) is 11.0. The normalized spacial score (nSPS) is 10.7. The van der Waals surface area contributed by atoms with E-state index >= 15 is 0 Å². The molecule has 0 aliphatic carbocycles. The Morgan fingerprint density at radius 3 is 2.50 bits per heavy atom. The van der Waals surface area contributed by atoms with E-state index in [-0.39, 0.29) is 5.63 Å². The highest BCUT2D eigenvalue weighted by molar-refractivity contribution is 5.84. The van der Waals surface area contributed by atoms with E-state index in [1.165, 1.54) is 0 Å². The number of nitrogen functional groups attached to an aromatic ring is 1. The van der Waals surface area contributed by atoms with Gasteiger partial charge in [0.05, 0.1) is 11.3 Å². The lowest BCUT2D eigenvalue weighted by Crippen LogP contribution is -2.07.